The van der Waals surface area contributed by atoms with E-state index in [4.69, 9.17) is 0 Å². The number of rotatable bonds is 0. The van der Waals surface area contributed by atoms with E-state index in [1.807, 2.05) is 91.0 Å². The maximum Gasteiger partial charge on any atom is -0.171 e. The van der Waals surface area contributed by atoms with Gasteiger partial charge in [-0.15, -0.1) is 0 Å². The molecule has 0 saturated carbocycles. The molecule has 0 bridgehead atoms. The van der Waals surface area contributed by atoms with Crippen molar-refractivity contribution >= 4 is 0 Å². The average molecular weight is 333 g/mol. The van der Waals surface area contributed by atoms with Gasteiger partial charge in [0.2, 0.25) is 0 Å². The molecule has 0 aliphatic heterocycles. The first-order chi connectivity index (χ1) is 9.00. The Balaban J connectivity index is 0.000000249. The second-order valence-electron chi connectivity index (χ2n) is 3.23. The van der Waals surface area contributed by atoms with Crippen molar-refractivity contribution in [1.29, 1.82) is 0 Å². The van der Waals surface area contributed by atoms with Gasteiger partial charge in [-0.1, -0.05) is 0 Å². The van der Waals surface area contributed by atoms with Crippen LogP contribution < -0.4 is 0 Å². The van der Waals surface area contributed by atoms with Crippen molar-refractivity contribution in [2.24, 2.45) is 0 Å². The minimum absolute atomic E-state index is 0. The Hall–Kier alpha value is -1.72. The molecule has 0 saturated heterocycles. The molecule has 96 valence electrons. The van der Waals surface area contributed by atoms with Gasteiger partial charge in [0.05, 0.1) is 0 Å². The van der Waals surface area contributed by atoms with E-state index in [2.05, 4.69) is 18.2 Å². The van der Waals surface area contributed by atoms with Gasteiger partial charge >= 0.3 is 19.5 Å². The second kappa shape index (κ2) is 14.3. The predicted octanol–water partition coefficient (Wildman–Crippen LogP) is 4.19. The first-order valence-electron chi connectivity index (χ1n) is 5.73. The number of hydrogen-bond donors (Lipinski definition) is 0. The smallest absolute Gasteiger partial charge is 0.171 e. The first kappa shape index (κ1) is 17.3. The summed E-state index contributed by atoms with van der Waals surface area (Å²) in [6.07, 6.45) is 0. The van der Waals surface area contributed by atoms with Crippen molar-refractivity contribution in [3.63, 3.8) is 0 Å². The summed E-state index contributed by atoms with van der Waals surface area (Å²) in [6, 6.07) is 37.5. The first-order valence-corrected chi connectivity index (χ1v) is 5.73. The van der Waals surface area contributed by atoms with Crippen LogP contribution in [-0.2, 0) is 19.5 Å². The fourth-order valence-electron chi connectivity index (χ4n) is 1.03. The van der Waals surface area contributed by atoms with Crippen LogP contribution in [0.1, 0.15) is 0 Å². The summed E-state index contributed by atoms with van der Waals surface area (Å²) in [5, 5.41) is 0. The molecule has 0 fully saturated rings. The summed E-state index contributed by atoms with van der Waals surface area (Å²) in [7, 11) is 0. The maximum absolute atomic E-state index is 2.89. The van der Waals surface area contributed by atoms with Gasteiger partial charge in [-0.2, -0.15) is 109 Å². The predicted molar refractivity (Wildman–Crippen MR) is 77.2 cm³/mol. The van der Waals surface area contributed by atoms with Gasteiger partial charge in [-0.3, -0.25) is 0 Å². The van der Waals surface area contributed by atoms with Crippen molar-refractivity contribution in [2.75, 3.05) is 0 Å². The zero-order valence-corrected chi connectivity index (χ0v) is 12.4. The van der Waals surface area contributed by atoms with E-state index in [0.29, 0.717) is 0 Å². The molecular weight excluding hydrogens is 317 g/mol. The van der Waals surface area contributed by atoms with Gasteiger partial charge < -0.3 is 0 Å². The Labute approximate surface area is 128 Å². The minimum atomic E-state index is 0. The van der Waals surface area contributed by atoms with Crippen LogP contribution in [0.5, 0.6) is 0 Å². The van der Waals surface area contributed by atoms with Crippen molar-refractivity contribution in [3.8, 4) is 0 Å². The molecule has 0 N–H and O–H groups in total. The maximum atomic E-state index is 2.89. The second-order valence-corrected chi connectivity index (χ2v) is 3.23. The molecule has 0 atom stereocenters. The molecule has 3 aromatic carbocycles. The standard InChI is InChI=1S/3C6H5.Ru.H/c3*1-2-4-6-5-3-1;;/h3*1-5H;;/q3*-1;+3;. The van der Waals surface area contributed by atoms with Crippen LogP contribution in [0.3, 0.4) is 0 Å². The van der Waals surface area contributed by atoms with Crippen molar-refractivity contribution in [3.05, 3.63) is 109 Å². The van der Waals surface area contributed by atoms with Crippen LogP contribution in [-0.4, -0.2) is 0 Å². The molecule has 0 aliphatic rings. The Bertz CT molecular complexity index is 296. The van der Waals surface area contributed by atoms with E-state index in [-0.39, 0.29) is 19.5 Å². The third-order valence-electron chi connectivity index (χ3n) is 1.82. The van der Waals surface area contributed by atoms with E-state index < -0.39 is 0 Å². The van der Waals surface area contributed by atoms with E-state index >= 15 is 0 Å². The van der Waals surface area contributed by atoms with Crippen molar-refractivity contribution in [2.45, 2.75) is 0 Å². The summed E-state index contributed by atoms with van der Waals surface area (Å²) < 4.78 is 0. The molecule has 0 unspecified atom stereocenters. The van der Waals surface area contributed by atoms with Crippen LogP contribution >= 0.6 is 0 Å². The van der Waals surface area contributed by atoms with Crippen LogP contribution in [0.4, 0.5) is 0 Å². The minimum Gasteiger partial charge on any atom is -0.184 e. The molecule has 0 aliphatic carbocycles. The third kappa shape index (κ3) is 12.5. The number of benzene rings is 3. The van der Waals surface area contributed by atoms with Crippen LogP contribution in [0.25, 0.3) is 0 Å². The molecule has 3 rings (SSSR count). The SMILES string of the molecule is [RuH+3].[c-]1ccccc1.[c-]1ccccc1.[c-]1ccccc1. The van der Waals surface area contributed by atoms with Gasteiger partial charge in [0.1, 0.15) is 0 Å². The van der Waals surface area contributed by atoms with Crippen molar-refractivity contribution in [1.82, 2.24) is 0 Å². The molecule has 1 heteroatoms. The van der Waals surface area contributed by atoms with Crippen LogP contribution in [0, 0.1) is 18.2 Å². The molecule has 1 radical (unpaired) electrons. The fourth-order valence-corrected chi connectivity index (χ4v) is 1.03. The Morgan fingerprint density at radius 1 is 0.316 bits per heavy atom. The molecular formula is C18H16Ru. The molecule has 19 heavy (non-hydrogen) atoms. The van der Waals surface area contributed by atoms with Crippen LogP contribution in [0.15, 0.2) is 91.0 Å². The van der Waals surface area contributed by atoms with E-state index in [1.165, 1.54) is 0 Å². The molecule has 0 heterocycles. The average Bonchev–Trinajstić information content (AvgIpc) is 2.54. The quantitative estimate of drug-likeness (QED) is 0.427. The van der Waals surface area contributed by atoms with Gasteiger partial charge in [0.25, 0.3) is 0 Å². The van der Waals surface area contributed by atoms with E-state index in [0.717, 1.165) is 0 Å². The Morgan fingerprint density at radius 2 is 0.526 bits per heavy atom. The zero-order valence-electron chi connectivity index (χ0n) is 10.5. The van der Waals surface area contributed by atoms with E-state index in [9.17, 15) is 0 Å². The number of hydrogen-bond acceptors (Lipinski definition) is 0. The largest absolute Gasteiger partial charge is 0.184 e. The third-order valence-corrected chi connectivity index (χ3v) is 1.82. The normalized spacial score (nSPS) is 7.58. The van der Waals surface area contributed by atoms with Gasteiger partial charge in [-0.05, 0) is 0 Å². The fraction of sp³-hybridized carbons (Fsp3) is 0. The van der Waals surface area contributed by atoms with Gasteiger partial charge in [0.15, 0.2) is 0 Å². The topological polar surface area (TPSA) is 0 Å². The molecule has 0 aromatic heterocycles. The summed E-state index contributed by atoms with van der Waals surface area (Å²) in [6.45, 7) is 0. The van der Waals surface area contributed by atoms with Gasteiger partial charge in [0, 0.05) is 0 Å². The molecule has 0 amide bonds. The summed E-state index contributed by atoms with van der Waals surface area (Å²) in [4.78, 5) is 0. The molecule has 0 spiro atoms. The zero-order chi connectivity index (χ0) is 12.7. The molecule has 0 nitrogen and oxygen atoms in total. The van der Waals surface area contributed by atoms with Crippen LogP contribution in [0.2, 0.25) is 0 Å². The summed E-state index contributed by atoms with van der Waals surface area (Å²) >= 11 is 0. The van der Waals surface area contributed by atoms with Crippen molar-refractivity contribution < 1.29 is 19.5 Å². The molecule has 3 aromatic rings. The van der Waals surface area contributed by atoms with Gasteiger partial charge in [-0.25, -0.2) is 0 Å². The summed E-state index contributed by atoms with van der Waals surface area (Å²) in [5.41, 5.74) is 0. The van der Waals surface area contributed by atoms with E-state index in [1.54, 1.807) is 0 Å². The monoisotopic (exact) mass is 334 g/mol. The Morgan fingerprint density at radius 3 is 0.579 bits per heavy atom. The summed E-state index contributed by atoms with van der Waals surface area (Å²) in [5.74, 6) is 0. The Kier molecular flexibility index (Phi) is 13.0.